The van der Waals surface area contributed by atoms with E-state index in [0.29, 0.717) is 27.5 Å². The van der Waals surface area contributed by atoms with Crippen LogP contribution in [0.25, 0.3) is 0 Å². The fraction of sp³-hybridized carbons (Fsp3) is 0.286. The Morgan fingerprint density at radius 2 is 1.52 bits per heavy atom. The fourth-order valence-corrected chi connectivity index (χ4v) is 10.3. The van der Waals surface area contributed by atoms with Gasteiger partial charge in [-0.2, -0.15) is 5.01 Å². The summed E-state index contributed by atoms with van der Waals surface area (Å²) in [6, 6.07) is 17.5. The number of rotatable bonds is 10. The summed E-state index contributed by atoms with van der Waals surface area (Å²) in [4.78, 5) is 84.8. The number of nitro benzene ring substituents is 2. The highest BCUT2D eigenvalue weighted by Gasteiger charge is 2.71. The van der Waals surface area contributed by atoms with Crippen LogP contribution in [0.4, 0.5) is 28.4 Å². The van der Waals surface area contributed by atoms with E-state index in [0.717, 1.165) is 22.0 Å². The Bertz CT molecular complexity index is 2590. The number of hydrogen-bond donors (Lipinski definition) is 2. The lowest BCUT2D eigenvalue weighted by atomic mass is 9.49. The molecule has 61 heavy (non-hydrogen) atoms. The number of methoxy groups -OCH3 is 2. The minimum absolute atomic E-state index is 0.0255. The highest BCUT2D eigenvalue weighted by Crippen LogP contribution is 2.65. The third kappa shape index (κ3) is 6.20. The van der Waals surface area contributed by atoms with Crippen molar-refractivity contribution in [3.8, 4) is 17.2 Å². The molecule has 3 fully saturated rings. The Morgan fingerprint density at radius 3 is 2.11 bits per heavy atom. The predicted octanol–water partition coefficient (Wildman–Crippen LogP) is 6.79. The van der Waals surface area contributed by atoms with E-state index in [2.05, 4.69) is 5.43 Å². The van der Waals surface area contributed by atoms with Crippen LogP contribution in [0.1, 0.15) is 29.9 Å². The van der Waals surface area contributed by atoms with Crippen LogP contribution in [0.5, 0.6) is 17.2 Å². The second-order valence-corrected chi connectivity index (χ2v) is 16.2. The molecular weight excluding hydrogens is 835 g/mol. The van der Waals surface area contributed by atoms with Crippen LogP contribution in [-0.2, 0) is 24.6 Å². The molecule has 2 saturated heterocycles. The summed E-state index contributed by atoms with van der Waals surface area (Å²) in [5, 5.41) is 36.5. The molecule has 17 nitrogen and oxygen atoms in total. The molecule has 0 aromatic heterocycles. The Morgan fingerprint density at radius 1 is 0.852 bits per heavy atom. The molecule has 8 rings (SSSR count). The van der Waals surface area contributed by atoms with Gasteiger partial charge in [0.2, 0.25) is 11.8 Å². The van der Waals surface area contributed by atoms with Crippen LogP contribution in [0, 0.1) is 43.9 Å². The molecule has 1 saturated carbocycles. The zero-order valence-corrected chi connectivity index (χ0v) is 34.3. The predicted molar refractivity (Wildman–Crippen MR) is 222 cm³/mol. The van der Waals surface area contributed by atoms with Gasteiger partial charge in [0, 0.05) is 48.8 Å². The summed E-state index contributed by atoms with van der Waals surface area (Å²) < 4.78 is 11.3. The van der Waals surface area contributed by atoms with Gasteiger partial charge in [0.15, 0.2) is 5.69 Å². The molecule has 4 amide bonds. The molecule has 0 spiro atoms. The minimum atomic E-state index is -1.75. The lowest BCUT2D eigenvalue weighted by Crippen LogP contribution is -2.53. The van der Waals surface area contributed by atoms with Crippen molar-refractivity contribution in [1.82, 2.24) is 5.01 Å². The number of hydrogen-bond acceptors (Lipinski definition) is 13. The van der Waals surface area contributed by atoms with Gasteiger partial charge < -0.3 is 19.5 Å². The number of phenolic OH excluding ortho intramolecular Hbond substituents is 1. The van der Waals surface area contributed by atoms with E-state index >= 15 is 9.59 Å². The van der Waals surface area contributed by atoms with Crippen LogP contribution >= 0.6 is 23.2 Å². The molecule has 6 unspecified atom stereocenters. The van der Waals surface area contributed by atoms with E-state index in [4.69, 9.17) is 32.7 Å². The van der Waals surface area contributed by atoms with Crippen molar-refractivity contribution >= 4 is 75.3 Å². The maximum atomic E-state index is 15.5. The van der Waals surface area contributed by atoms with Crippen molar-refractivity contribution in [1.29, 1.82) is 0 Å². The first-order valence-corrected chi connectivity index (χ1v) is 19.6. The molecule has 0 radical (unpaired) electrons. The smallest absolute Gasteiger partial charge is 0.301 e. The zero-order valence-electron chi connectivity index (χ0n) is 32.8. The molecule has 6 atom stereocenters. The maximum absolute atomic E-state index is 15.5. The summed E-state index contributed by atoms with van der Waals surface area (Å²) in [6.07, 6.45) is 1.63. The Kier molecular flexibility index (Phi) is 10.1. The topological polar surface area (TPSA) is 215 Å². The number of hydrazine groups is 1. The van der Waals surface area contributed by atoms with Crippen LogP contribution in [0.3, 0.4) is 0 Å². The normalized spacial score (nSPS) is 24.2. The van der Waals surface area contributed by atoms with E-state index in [1.54, 1.807) is 36.4 Å². The first-order valence-electron chi connectivity index (χ1n) is 18.9. The maximum Gasteiger partial charge on any atom is 0.301 e. The lowest BCUT2D eigenvalue weighted by molar-refractivity contribution is -0.392. The number of nitro groups is 2. The van der Waals surface area contributed by atoms with Crippen LogP contribution in [0.15, 0.2) is 84.4 Å². The number of carbonyl (C=O) groups is 4. The highest BCUT2D eigenvalue weighted by atomic mass is 35.5. The quantitative estimate of drug-likeness (QED) is 0.0728. The number of amides is 4. The van der Waals surface area contributed by atoms with Crippen molar-refractivity contribution in [2.24, 2.45) is 23.7 Å². The molecule has 2 heterocycles. The first kappa shape index (κ1) is 41.0. The Labute approximate surface area is 357 Å². The number of allylic oxidation sites excluding steroid dienone is 2. The highest BCUT2D eigenvalue weighted by molar-refractivity contribution is 6.36. The van der Waals surface area contributed by atoms with E-state index in [1.807, 2.05) is 0 Å². The number of benzene rings is 4. The number of carbonyl (C=O) groups excluding carboxylic acids is 4. The third-order valence-electron chi connectivity index (χ3n) is 12.3. The number of anilines is 3. The number of phenols is 1. The second kappa shape index (κ2) is 15.1. The minimum Gasteiger partial charge on any atom is -0.508 e. The van der Waals surface area contributed by atoms with Crippen LogP contribution in [-0.4, -0.2) is 71.9 Å². The van der Waals surface area contributed by atoms with Crippen molar-refractivity contribution in [2.45, 2.75) is 24.2 Å². The molecule has 4 aromatic carbocycles. The van der Waals surface area contributed by atoms with Gasteiger partial charge in [-0.25, -0.2) is 4.90 Å². The molecule has 4 aromatic rings. The van der Waals surface area contributed by atoms with Crippen molar-refractivity contribution < 1.29 is 43.6 Å². The number of fused-ring (bicyclic) bond motifs is 4. The van der Waals surface area contributed by atoms with Gasteiger partial charge in [0.25, 0.3) is 11.8 Å². The largest absolute Gasteiger partial charge is 0.508 e. The SMILES string of the molecule is COc1ccc(C23C(=O)N(Nc4ccc(Cl)cc4Cl)C(=O)C2CC2C(=CCC4C(=O)N(c5cc([N+](=O)[O-])c(N(C)C)c([N+](=O)[O-])c5)C(=O)C42)C3c2ccc(O)cc2OC)cc1. The molecule has 2 N–H and O–H groups in total. The summed E-state index contributed by atoms with van der Waals surface area (Å²) in [6.45, 7) is 0. The van der Waals surface area contributed by atoms with Gasteiger partial charge >= 0.3 is 11.4 Å². The number of imide groups is 2. The average Bonchev–Trinajstić information content (AvgIpc) is 3.61. The summed E-state index contributed by atoms with van der Waals surface area (Å²) in [7, 11) is 5.66. The van der Waals surface area contributed by atoms with Gasteiger partial charge in [-0.3, -0.25) is 44.8 Å². The number of aromatic hydroxyl groups is 1. The van der Waals surface area contributed by atoms with E-state index in [-0.39, 0.29) is 46.4 Å². The van der Waals surface area contributed by atoms with E-state index < -0.39 is 79.9 Å². The van der Waals surface area contributed by atoms with Gasteiger partial charge in [0.05, 0.1) is 63.6 Å². The standard InChI is InChI=1S/C42H36Cl2N6O11/c1-46(2)37-32(49(56)57)16-22(17-33(37)50(58)59)47-38(52)27-13-12-25-28(35(27)40(47)54)19-29-39(53)48(45-31-14-7-21(43)15-30(31)44)41(55)42(29,20-5-9-24(60-3)10-6-20)36(25)26-11-8-23(51)18-34(26)61-4/h5-12,14-18,27-29,35-36,45,51H,13,19H2,1-4H3. The number of ether oxygens (including phenoxy) is 2. The molecule has 314 valence electrons. The molecule has 19 heteroatoms. The van der Waals surface area contributed by atoms with Crippen molar-refractivity contribution in [3.63, 3.8) is 0 Å². The summed E-state index contributed by atoms with van der Waals surface area (Å²) >= 11 is 12.7. The molecule has 2 aliphatic heterocycles. The molecule has 0 bridgehead atoms. The summed E-state index contributed by atoms with van der Waals surface area (Å²) in [5.41, 5.74) is 0.664. The van der Waals surface area contributed by atoms with Crippen LogP contribution < -0.4 is 24.7 Å². The molecular formula is C42H36Cl2N6O11. The second-order valence-electron chi connectivity index (χ2n) is 15.4. The fourth-order valence-electron chi connectivity index (χ4n) is 9.84. The van der Waals surface area contributed by atoms with Gasteiger partial charge in [-0.1, -0.05) is 53.1 Å². The summed E-state index contributed by atoms with van der Waals surface area (Å²) in [5.74, 6) is -7.71. The van der Waals surface area contributed by atoms with Crippen LogP contribution in [0.2, 0.25) is 10.0 Å². The Balaban J connectivity index is 1.33. The van der Waals surface area contributed by atoms with Gasteiger partial charge in [0.1, 0.15) is 17.2 Å². The van der Waals surface area contributed by atoms with Crippen molar-refractivity contribution in [2.75, 3.05) is 43.5 Å². The van der Waals surface area contributed by atoms with Gasteiger partial charge in [-0.05, 0) is 60.7 Å². The third-order valence-corrected chi connectivity index (χ3v) is 12.8. The number of nitrogens with one attached hydrogen (secondary N) is 1. The van der Waals surface area contributed by atoms with Gasteiger partial charge in [-0.15, -0.1) is 0 Å². The van der Waals surface area contributed by atoms with E-state index in [1.165, 1.54) is 63.5 Å². The van der Waals surface area contributed by atoms with Crippen molar-refractivity contribution in [3.05, 3.63) is 126 Å². The average molecular weight is 872 g/mol. The molecule has 2 aliphatic carbocycles. The van der Waals surface area contributed by atoms with E-state index in [9.17, 15) is 34.9 Å². The monoisotopic (exact) mass is 870 g/mol. The number of nitrogens with zero attached hydrogens (tertiary/aromatic N) is 5. The Hall–Kier alpha value is -6.72. The molecule has 4 aliphatic rings. The first-order chi connectivity index (χ1) is 29.0. The zero-order chi connectivity index (χ0) is 43.8. The lowest BCUT2D eigenvalue weighted by Gasteiger charge is -2.50. The number of halogens is 2.